The molecule has 1 atom stereocenters. The van der Waals surface area contributed by atoms with Gasteiger partial charge in [0.2, 0.25) is 0 Å². The summed E-state index contributed by atoms with van der Waals surface area (Å²) in [4.78, 5) is 23.7. The van der Waals surface area contributed by atoms with E-state index >= 15 is 0 Å². The Morgan fingerprint density at radius 2 is 2.21 bits per heavy atom. The number of aromatic nitrogens is 2. The summed E-state index contributed by atoms with van der Waals surface area (Å²) in [5, 5.41) is 7.62. The number of piperidine rings is 1. The lowest BCUT2D eigenvalue weighted by atomic mass is 9.93. The van der Waals surface area contributed by atoms with E-state index in [-0.39, 0.29) is 5.91 Å². The highest BCUT2D eigenvalue weighted by molar-refractivity contribution is 7.07. The van der Waals surface area contributed by atoms with E-state index in [1.54, 1.807) is 23.7 Å². The van der Waals surface area contributed by atoms with E-state index in [0.29, 0.717) is 23.7 Å². The van der Waals surface area contributed by atoms with Gasteiger partial charge in [0.15, 0.2) is 0 Å². The van der Waals surface area contributed by atoms with Crippen molar-refractivity contribution in [2.24, 2.45) is 5.41 Å². The number of hydrogen-bond donors (Lipinski definition) is 1. The van der Waals surface area contributed by atoms with E-state index in [1.165, 1.54) is 5.56 Å². The highest BCUT2D eigenvalue weighted by Crippen LogP contribution is 2.56. The van der Waals surface area contributed by atoms with Crippen LogP contribution in [-0.4, -0.2) is 39.9 Å². The summed E-state index contributed by atoms with van der Waals surface area (Å²) in [6.45, 7) is 4.66. The first-order valence-electron chi connectivity index (χ1n) is 8.49. The van der Waals surface area contributed by atoms with Gasteiger partial charge in [0.25, 0.3) is 5.91 Å². The van der Waals surface area contributed by atoms with Crippen molar-refractivity contribution in [3.05, 3.63) is 46.2 Å². The molecule has 0 aromatic carbocycles. The number of carbonyl (C=O) groups is 1. The third-order valence-corrected chi connectivity index (χ3v) is 6.05. The largest absolute Gasteiger partial charge is 0.329 e. The predicted octanol–water partition coefficient (Wildman–Crippen LogP) is 2.63. The van der Waals surface area contributed by atoms with Crippen molar-refractivity contribution in [2.45, 2.75) is 38.8 Å². The lowest BCUT2D eigenvalue weighted by Crippen LogP contribution is -2.39. The monoisotopic (exact) mass is 342 g/mol. The number of aryl methyl sites for hydroxylation is 1. The number of rotatable bonds is 4. The zero-order valence-electron chi connectivity index (χ0n) is 13.9. The molecule has 24 heavy (non-hydrogen) atoms. The molecule has 0 bridgehead atoms. The van der Waals surface area contributed by atoms with E-state index in [9.17, 15) is 4.79 Å². The first-order chi connectivity index (χ1) is 11.7. The van der Waals surface area contributed by atoms with Crippen LogP contribution in [0.25, 0.3) is 0 Å². The minimum atomic E-state index is 0.00843. The first kappa shape index (κ1) is 15.7. The Hall–Kier alpha value is -1.79. The van der Waals surface area contributed by atoms with Crippen LogP contribution < -0.4 is 5.32 Å². The Morgan fingerprint density at radius 1 is 1.38 bits per heavy atom. The number of nitrogens with one attached hydrogen (secondary N) is 1. The summed E-state index contributed by atoms with van der Waals surface area (Å²) >= 11 is 1.67. The Kier molecular flexibility index (Phi) is 4.10. The fourth-order valence-corrected chi connectivity index (χ4v) is 4.44. The summed E-state index contributed by atoms with van der Waals surface area (Å²) in [5.74, 6) is 0.00843. The number of nitrogens with zero attached hydrogens (tertiary/aromatic N) is 3. The number of amides is 1. The summed E-state index contributed by atoms with van der Waals surface area (Å²) in [6, 6.07) is 2.43. The van der Waals surface area contributed by atoms with Gasteiger partial charge in [-0.15, -0.1) is 0 Å². The Bertz CT molecular complexity index is 707. The minimum absolute atomic E-state index is 0.00843. The van der Waals surface area contributed by atoms with Gasteiger partial charge in [0.05, 0.1) is 11.9 Å². The summed E-state index contributed by atoms with van der Waals surface area (Å²) in [6.07, 6.45) is 6.71. The second-order valence-electron chi connectivity index (χ2n) is 6.94. The van der Waals surface area contributed by atoms with Gasteiger partial charge in [-0.2, -0.15) is 11.3 Å². The lowest BCUT2D eigenvalue weighted by molar-refractivity contribution is 0.0686. The molecule has 4 rings (SSSR count). The van der Waals surface area contributed by atoms with Crippen molar-refractivity contribution in [2.75, 3.05) is 13.1 Å². The third kappa shape index (κ3) is 2.96. The van der Waals surface area contributed by atoms with Crippen LogP contribution >= 0.6 is 11.3 Å². The van der Waals surface area contributed by atoms with Crippen molar-refractivity contribution in [3.63, 3.8) is 0 Å². The molecule has 1 N–H and O–H groups in total. The van der Waals surface area contributed by atoms with Gasteiger partial charge in [-0.1, -0.05) is 0 Å². The molecule has 1 aliphatic heterocycles. The van der Waals surface area contributed by atoms with Gasteiger partial charge in [0.1, 0.15) is 5.69 Å². The van der Waals surface area contributed by atoms with E-state index in [2.05, 4.69) is 32.1 Å². The molecule has 6 heteroatoms. The highest BCUT2D eigenvalue weighted by atomic mass is 32.1. The van der Waals surface area contributed by atoms with Crippen LogP contribution in [-0.2, 0) is 6.54 Å². The molecule has 126 valence electrons. The zero-order chi connectivity index (χ0) is 16.6. The molecule has 2 aromatic heterocycles. The van der Waals surface area contributed by atoms with Crippen LogP contribution in [0.1, 0.15) is 41.0 Å². The molecule has 2 aromatic rings. The molecule has 5 nitrogen and oxygen atoms in total. The van der Waals surface area contributed by atoms with Crippen molar-refractivity contribution in [1.29, 1.82) is 0 Å². The molecule has 2 fully saturated rings. The summed E-state index contributed by atoms with van der Waals surface area (Å²) in [5.41, 5.74) is 2.79. The highest BCUT2D eigenvalue weighted by Gasteiger charge is 2.57. The molecule has 0 radical (unpaired) electrons. The van der Waals surface area contributed by atoms with E-state index in [4.69, 9.17) is 0 Å². The SMILES string of the molecule is Cc1cnc(C(=O)N(Cc2ccsc2)C2CC23CCNCC3)cn1. The minimum Gasteiger partial charge on any atom is -0.329 e. The molecule has 2 aliphatic rings. The summed E-state index contributed by atoms with van der Waals surface area (Å²) < 4.78 is 0. The van der Waals surface area contributed by atoms with Gasteiger partial charge >= 0.3 is 0 Å². The normalized spacial score (nSPS) is 21.6. The number of thiophene rings is 1. The molecule has 3 heterocycles. The smallest absolute Gasteiger partial charge is 0.274 e. The second-order valence-corrected chi connectivity index (χ2v) is 7.72. The predicted molar refractivity (Wildman–Crippen MR) is 93.9 cm³/mol. The average Bonchev–Trinajstić information content (AvgIpc) is 3.04. The van der Waals surface area contributed by atoms with Crippen LogP contribution in [0.2, 0.25) is 0 Å². The Labute approximate surface area is 146 Å². The van der Waals surface area contributed by atoms with E-state index in [0.717, 1.165) is 38.0 Å². The maximum absolute atomic E-state index is 13.1. The second kappa shape index (κ2) is 6.26. The Balaban J connectivity index is 1.58. The van der Waals surface area contributed by atoms with E-state index in [1.807, 2.05) is 11.8 Å². The van der Waals surface area contributed by atoms with Gasteiger partial charge in [0, 0.05) is 18.8 Å². The zero-order valence-corrected chi connectivity index (χ0v) is 14.7. The van der Waals surface area contributed by atoms with Crippen LogP contribution in [0.3, 0.4) is 0 Å². The van der Waals surface area contributed by atoms with Crippen LogP contribution in [0.15, 0.2) is 29.2 Å². The average molecular weight is 342 g/mol. The first-order valence-corrected chi connectivity index (χ1v) is 9.44. The lowest BCUT2D eigenvalue weighted by Gasteiger charge is -2.29. The summed E-state index contributed by atoms with van der Waals surface area (Å²) in [7, 11) is 0. The van der Waals surface area contributed by atoms with Crippen molar-refractivity contribution >= 4 is 17.2 Å². The Morgan fingerprint density at radius 3 is 2.88 bits per heavy atom. The third-order valence-electron chi connectivity index (χ3n) is 5.32. The van der Waals surface area contributed by atoms with Gasteiger partial charge in [-0.25, -0.2) is 4.98 Å². The molecular formula is C18H22N4OS. The molecule has 1 amide bonds. The molecule has 1 saturated heterocycles. The van der Waals surface area contributed by atoms with E-state index < -0.39 is 0 Å². The van der Waals surface area contributed by atoms with Gasteiger partial charge in [-0.05, 0) is 67.1 Å². The number of hydrogen-bond acceptors (Lipinski definition) is 5. The van der Waals surface area contributed by atoms with Crippen molar-refractivity contribution in [3.8, 4) is 0 Å². The fourth-order valence-electron chi connectivity index (χ4n) is 3.78. The van der Waals surface area contributed by atoms with Crippen LogP contribution in [0.4, 0.5) is 0 Å². The van der Waals surface area contributed by atoms with Crippen molar-refractivity contribution in [1.82, 2.24) is 20.2 Å². The topological polar surface area (TPSA) is 58.1 Å². The molecular weight excluding hydrogens is 320 g/mol. The maximum Gasteiger partial charge on any atom is 0.274 e. The van der Waals surface area contributed by atoms with Crippen LogP contribution in [0.5, 0.6) is 0 Å². The molecule has 1 spiro atoms. The molecule has 1 unspecified atom stereocenters. The molecule has 1 saturated carbocycles. The molecule has 1 aliphatic carbocycles. The van der Waals surface area contributed by atoms with Gasteiger partial charge in [-0.3, -0.25) is 9.78 Å². The fraction of sp³-hybridized carbons (Fsp3) is 0.500. The van der Waals surface area contributed by atoms with Crippen LogP contribution in [0, 0.1) is 12.3 Å². The number of carbonyl (C=O) groups excluding carboxylic acids is 1. The van der Waals surface area contributed by atoms with Crippen molar-refractivity contribution < 1.29 is 4.79 Å². The quantitative estimate of drug-likeness (QED) is 0.928. The maximum atomic E-state index is 13.1. The van der Waals surface area contributed by atoms with Gasteiger partial charge < -0.3 is 10.2 Å². The standard InChI is InChI=1S/C18H22N4OS/c1-13-9-21-15(10-20-13)17(23)22(11-14-2-7-24-12-14)16-8-18(16)3-5-19-6-4-18/h2,7,9-10,12,16,19H,3-6,8,11H2,1H3.